The molecule has 0 fully saturated rings. The molecule has 2 N–H and O–H groups in total. The van der Waals surface area contributed by atoms with E-state index in [1.165, 1.54) is 11.8 Å². The summed E-state index contributed by atoms with van der Waals surface area (Å²) in [5.74, 6) is -0.627. The van der Waals surface area contributed by atoms with Crippen molar-refractivity contribution in [2.45, 2.75) is 19.4 Å². The number of carbonyl (C=O) groups is 2. The van der Waals surface area contributed by atoms with E-state index in [0.717, 1.165) is 5.56 Å². The Morgan fingerprint density at radius 2 is 2.05 bits per heavy atom. The normalized spacial score (nSPS) is 11.7. The maximum atomic E-state index is 11.7. The third-order valence-corrected chi connectivity index (χ3v) is 3.24. The SMILES string of the molecule is CSCC[C@H](NC(=O)Nc1ccccc1C)C(=O)[O-]. The van der Waals surface area contributed by atoms with Gasteiger partial charge < -0.3 is 20.5 Å². The number of aliphatic carboxylic acids is 1. The van der Waals surface area contributed by atoms with E-state index in [1.807, 2.05) is 25.3 Å². The Hall–Kier alpha value is -1.69. The number of hydrogen-bond donors (Lipinski definition) is 2. The molecule has 1 aromatic carbocycles. The number of urea groups is 1. The van der Waals surface area contributed by atoms with Gasteiger partial charge in [-0.1, -0.05) is 18.2 Å². The Balaban J connectivity index is 2.58. The summed E-state index contributed by atoms with van der Waals surface area (Å²) in [6, 6.07) is 5.76. The number of nitrogens with one attached hydrogen (secondary N) is 2. The van der Waals surface area contributed by atoms with Crippen molar-refractivity contribution in [1.82, 2.24) is 5.32 Å². The molecule has 0 saturated heterocycles. The highest BCUT2D eigenvalue weighted by Crippen LogP contribution is 2.12. The summed E-state index contributed by atoms with van der Waals surface area (Å²) in [6.07, 6.45) is 2.21. The minimum absolute atomic E-state index is 0.338. The van der Waals surface area contributed by atoms with E-state index in [4.69, 9.17) is 0 Å². The first-order valence-corrected chi connectivity index (χ1v) is 7.27. The second-order valence-corrected chi connectivity index (χ2v) is 5.05. The van der Waals surface area contributed by atoms with Crippen molar-refractivity contribution >= 4 is 29.4 Å². The van der Waals surface area contributed by atoms with E-state index in [-0.39, 0.29) is 0 Å². The number of carbonyl (C=O) groups excluding carboxylic acids is 2. The fourth-order valence-corrected chi connectivity index (χ4v) is 1.99. The van der Waals surface area contributed by atoms with Gasteiger partial charge in [0.2, 0.25) is 0 Å². The van der Waals surface area contributed by atoms with Crippen LogP contribution in [0.4, 0.5) is 10.5 Å². The summed E-state index contributed by atoms with van der Waals surface area (Å²) in [5, 5.41) is 15.9. The molecule has 0 radical (unpaired) electrons. The van der Waals surface area contributed by atoms with Crippen molar-refractivity contribution in [2.75, 3.05) is 17.3 Å². The van der Waals surface area contributed by atoms with Crippen LogP contribution >= 0.6 is 11.8 Å². The van der Waals surface area contributed by atoms with Gasteiger partial charge in [0.1, 0.15) is 0 Å². The zero-order valence-electron chi connectivity index (χ0n) is 10.9. The Kier molecular flexibility index (Phi) is 6.21. The number of thioether (sulfide) groups is 1. The molecule has 2 amide bonds. The molecule has 0 aliphatic carbocycles. The van der Waals surface area contributed by atoms with Crippen LogP contribution in [0.1, 0.15) is 12.0 Å². The van der Waals surface area contributed by atoms with Crippen LogP contribution < -0.4 is 15.7 Å². The first kappa shape index (κ1) is 15.4. The lowest BCUT2D eigenvalue weighted by atomic mass is 10.2. The molecule has 0 saturated carbocycles. The van der Waals surface area contributed by atoms with Gasteiger partial charge in [-0.05, 0) is 37.0 Å². The molecule has 0 bridgehead atoms. The highest BCUT2D eigenvalue weighted by Gasteiger charge is 2.13. The van der Waals surface area contributed by atoms with Gasteiger partial charge in [0, 0.05) is 5.69 Å². The Morgan fingerprint density at radius 1 is 1.37 bits per heavy atom. The number of carboxylic acids is 1. The van der Waals surface area contributed by atoms with Gasteiger partial charge in [-0.2, -0.15) is 11.8 Å². The minimum Gasteiger partial charge on any atom is -0.548 e. The molecule has 1 rings (SSSR count). The lowest BCUT2D eigenvalue weighted by Crippen LogP contribution is -2.49. The maximum absolute atomic E-state index is 11.7. The first-order chi connectivity index (χ1) is 9.04. The highest BCUT2D eigenvalue weighted by molar-refractivity contribution is 7.98. The number of benzene rings is 1. The fraction of sp³-hybridized carbons (Fsp3) is 0.385. The molecule has 0 spiro atoms. The molecular weight excluding hydrogens is 264 g/mol. The maximum Gasteiger partial charge on any atom is 0.319 e. The molecule has 0 aliphatic heterocycles. The smallest absolute Gasteiger partial charge is 0.319 e. The van der Waals surface area contributed by atoms with E-state index < -0.39 is 18.0 Å². The van der Waals surface area contributed by atoms with Crippen LogP contribution in [0, 0.1) is 6.92 Å². The van der Waals surface area contributed by atoms with Gasteiger partial charge in [-0.15, -0.1) is 0 Å². The van der Waals surface area contributed by atoms with Crippen LogP contribution in [0.3, 0.4) is 0 Å². The minimum atomic E-state index is -1.27. The number of amides is 2. The number of carboxylic acid groups (broad SMARTS) is 1. The lowest BCUT2D eigenvalue weighted by molar-refractivity contribution is -0.308. The molecule has 1 aromatic rings. The van der Waals surface area contributed by atoms with E-state index in [0.29, 0.717) is 17.9 Å². The Bertz CT molecular complexity index is 451. The number of para-hydroxylation sites is 1. The second-order valence-electron chi connectivity index (χ2n) is 4.07. The van der Waals surface area contributed by atoms with Crippen LogP contribution in [-0.4, -0.2) is 30.1 Å². The monoisotopic (exact) mass is 281 g/mol. The van der Waals surface area contributed by atoms with Crippen molar-refractivity contribution in [3.05, 3.63) is 29.8 Å². The lowest BCUT2D eigenvalue weighted by Gasteiger charge is -2.20. The molecule has 104 valence electrons. The van der Waals surface area contributed by atoms with Gasteiger partial charge in [0.25, 0.3) is 0 Å². The summed E-state index contributed by atoms with van der Waals surface area (Å²) in [6.45, 7) is 1.86. The van der Waals surface area contributed by atoms with E-state index in [1.54, 1.807) is 12.1 Å². The van der Waals surface area contributed by atoms with E-state index in [9.17, 15) is 14.7 Å². The fourth-order valence-electron chi connectivity index (χ4n) is 1.51. The number of aryl methyl sites for hydroxylation is 1. The van der Waals surface area contributed by atoms with Crippen LogP contribution in [0.25, 0.3) is 0 Å². The van der Waals surface area contributed by atoms with Crippen molar-refractivity contribution < 1.29 is 14.7 Å². The summed E-state index contributed by atoms with van der Waals surface area (Å²) < 4.78 is 0. The topological polar surface area (TPSA) is 81.3 Å². The van der Waals surface area contributed by atoms with Gasteiger partial charge in [0.15, 0.2) is 0 Å². The van der Waals surface area contributed by atoms with Crippen LogP contribution in [0.2, 0.25) is 0 Å². The van der Waals surface area contributed by atoms with Crippen molar-refractivity contribution in [1.29, 1.82) is 0 Å². The van der Waals surface area contributed by atoms with Crippen molar-refractivity contribution in [3.63, 3.8) is 0 Å². The van der Waals surface area contributed by atoms with Gasteiger partial charge in [-0.25, -0.2) is 4.79 Å². The van der Waals surface area contributed by atoms with Crippen LogP contribution in [0.15, 0.2) is 24.3 Å². The summed E-state index contributed by atoms with van der Waals surface area (Å²) >= 11 is 1.52. The van der Waals surface area contributed by atoms with Gasteiger partial charge in [-0.3, -0.25) is 0 Å². The zero-order chi connectivity index (χ0) is 14.3. The Morgan fingerprint density at radius 3 is 2.63 bits per heavy atom. The van der Waals surface area contributed by atoms with E-state index in [2.05, 4.69) is 10.6 Å². The number of hydrogen-bond acceptors (Lipinski definition) is 4. The second kappa shape index (κ2) is 7.68. The summed E-state index contributed by atoms with van der Waals surface area (Å²) in [4.78, 5) is 22.6. The Labute approximate surface area is 116 Å². The van der Waals surface area contributed by atoms with Crippen molar-refractivity contribution in [3.8, 4) is 0 Å². The molecular formula is C13H17N2O3S-. The third kappa shape index (κ3) is 5.21. The average molecular weight is 281 g/mol. The number of anilines is 1. The molecule has 0 unspecified atom stereocenters. The van der Waals surface area contributed by atoms with Gasteiger partial charge in [0.05, 0.1) is 12.0 Å². The molecule has 5 nitrogen and oxygen atoms in total. The first-order valence-electron chi connectivity index (χ1n) is 5.87. The third-order valence-electron chi connectivity index (χ3n) is 2.59. The predicted octanol–water partition coefficient (Wildman–Crippen LogP) is 0.988. The summed E-state index contributed by atoms with van der Waals surface area (Å²) in [5.41, 5.74) is 1.56. The largest absolute Gasteiger partial charge is 0.548 e. The molecule has 0 aliphatic rings. The molecule has 0 aromatic heterocycles. The highest BCUT2D eigenvalue weighted by atomic mass is 32.2. The van der Waals surface area contributed by atoms with Gasteiger partial charge >= 0.3 is 6.03 Å². The molecule has 6 heteroatoms. The van der Waals surface area contributed by atoms with E-state index >= 15 is 0 Å². The standard InChI is InChI=1S/C13H18N2O3S/c1-9-5-3-4-6-10(9)14-13(18)15-11(12(16)17)7-8-19-2/h3-6,11H,7-8H2,1-2H3,(H,16,17)(H2,14,15,18)/p-1/t11-/m0/s1. The molecule has 19 heavy (non-hydrogen) atoms. The molecule has 0 heterocycles. The van der Waals surface area contributed by atoms with Crippen LogP contribution in [-0.2, 0) is 4.79 Å². The average Bonchev–Trinajstić information content (AvgIpc) is 2.37. The summed E-state index contributed by atoms with van der Waals surface area (Å²) in [7, 11) is 0. The quantitative estimate of drug-likeness (QED) is 0.814. The molecule has 1 atom stereocenters. The number of rotatable bonds is 6. The zero-order valence-corrected chi connectivity index (χ0v) is 11.8. The van der Waals surface area contributed by atoms with Crippen molar-refractivity contribution in [2.24, 2.45) is 0 Å². The van der Waals surface area contributed by atoms with Crippen LogP contribution in [0.5, 0.6) is 0 Å². The predicted molar refractivity (Wildman–Crippen MR) is 75.1 cm³/mol.